The van der Waals surface area contributed by atoms with Crippen molar-refractivity contribution in [3.05, 3.63) is 0 Å². The molecule has 0 aromatic heterocycles. The van der Waals surface area contributed by atoms with E-state index >= 15 is 0 Å². The van der Waals surface area contributed by atoms with Gasteiger partial charge in [0.25, 0.3) is 0 Å². The molecule has 0 aromatic carbocycles. The minimum atomic E-state index is -0.339. The summed E-state index contributed by atoms with van der Waals surface area (Å²) in [5.41, 5.74) is -0.339. The summed E-state index contributed by atoms with van der Waals surface area (Å²) >= 11 is 0. The van der Waals surface area contributed by atoms with E-state index in [0.29, 0.717) is 6.61 Å². The standard InChI is InChI=1S/C8H14O/c1-5-8(4,6-2)9-7-3/h1H,6-7H2,2-4H3. The van der Waals surface area contributed by atoms with Crippen LogP contribution in [0.5, 0.6) is 0 Å². The smallest absolute Gasteiger partial charge is 0.125 e. The van der Waals surface area contributed by atoms with Gasteiger partial charge in [0.1, 0.15) is 5.60 Å². The molecule has 0 aliphatic rings. The molecule has 0 aliphatic heterocycles. The second-order valence-corrected chi connectivity index (χ2v) is 2.16. The van der Waals surface area contributed by atoms with E-state index in [-0.39, 0.29) is 5.60 Å². The molecule has 1 heteroatoms. The van der Waals surface area contributed by atoms with E-state index in [1.165, 1.54) is 0 Å². The minimum absolute atomic E-state index is 0.339. The maximum absolute atomic E-state index is 5.29. The molecule has 52 valence electrons. The van der Waals surface area contributed by atoms with Crippen LogP contribution < -0.4 is 0 Å². The van der Waals surface area contributed by atoms with Crippen LogP contribution in [-0.2, 0) is 4.74 Å². The molecule has 0 spiro atoms. The molecule has 9 heavy (non-hydrogen) atoms. The van der Waals surface area contributed by atoms with Gasteiger partial charge in [0.15, 0.2) is 0 Å². The fraction of sp³-hybridized carbons (Fsp3) is 0.750. The molecular formula is C8H14O. The highest BCUT2D eigenvalue weighted by Gasteiger charge is 2.16. The van der Waals surface area contributed by atoms with E-state index in [2.05, 4.69) is 5.92 Å². The van der Waals surface area contributed by atoms with Crippen LogP contribution in [0.15, 0.2) is 0 Å². The lowest BCUT2D eigenvalue weighted by atomic mass is 10.1. The second-order valence-electron chi connectivity index (χ2n) is 2.16. The first-order chi connectivity index (χ1) is 4.18. The number of terminal acetylenes is 1. The monoisotopic (exact) mass is 126 g/mol. The fourth-order valence-corrected chi connectivity index (χ4v) is 0.564. The molecule has 0 heterocycles. The summed E-state index contributed by atoms with van der Waals surface area (Å²) < 4.78 is 5.29. The molecule has 0 bridgehead atoms. The molecule has 1 nitrogen and oxygen atoms in total. The summed E-state index contributed by atoms with van der Waals surface area (Å²) in [6.45, 7) is 6.59. The Hall–Kier alpha value is -0.480. The minimum Gasteiger partial charge on any atom is -0.363 e. The Labute approximate surface area is 57.4 Å². The van der Waals surface area contributed by atoms with Crippen molar-refractivity contribution in [3.63, 3.8) is 0 Å². The van der Waals surface area contributed by atoms with Gasteiger partial charge >= 0.3 is 0 Å². The predicted molar refractivity (Wildman–Crippen MR) is 39.2 cm³/mol. The molecular weight excluding hydrogens is 112 g/mol. The SMILES string of the molecule is C#CC(C)(CC)OCC. The zero-order valence-corrected chi connectivity index (χ0v) is 6.40. The summed E-state index contributed by atoms with van der Waals surface area (Å²) in [6, 6.07) is 0. The van der Waals surface area contributed by atoms with E-state index < -0.39 is 0 Å². The normalized spacial score (nSPS) is 16.2. The van der Waals surface area contributed by atoms with Gasteiger partial charge in [-0.2, -0.15) is 0 Å². The van der Waals surface area contributed by atoms with Gasteiger partial charge in [-0.3, -0.25) is 0 Å². The van der Waals surface area contributed by atoms with Crippen LogP contribution in [0.2, 0.25) is 0 Å². The zero-order valence-electron chi connectivity index (χ0n) is 6.40. The van der Waals surface area contributed by atoms with E-state index in [1.807, 2.05) is 20.8 Å². The van der Waals surface area contributed by atoms with E-state index in [9.17, 15) is 0 Å². The maximum atomic E-state index is 5.29. The van der Waals surface area contributed by atoms with Gasteiger partial charge in [-0.15, -0.1) is 6.42 Å². The lowest BCUT2D eigenvalue weighted by Gasteiger charge is -2.20. The first-order valence-electron chi connectivity index (χ1n) is 3.30. The van der Waals surface area contributed by atoms with Crippen molar-refractivity contribution >= 4 is 0 Å². The van der Waals surface area contributed by atoms with Gasteiger partial charge in [0.05, 0.1) is 0 Å². The van der Waals surface area contributed by atoms with Gasteiger partial charge < -0.3 is 4.74 Å². The molecule has 0 radical (unpaired) electrons. The molecule has 0 saturated heterocycles. The molecule has 0 saturated carbocycles. The third-order valence-electron chi connectivity index (χ3n) is 1.44. The summed E-state index contributed by atoms with van der Waals surface area (Å²) in [5.74, 6) is 2.61. The summed E-state index contributed by atoms with van der Waals surface area (Å²) in [5, 5.41) is 0. The highest BCUT2D eigenvalue weighted by atomic mass is 16.5. The first kappa shape index (κ1) is 8.52. The number of hydrogen-bond donors (Lipinski definition) is 0. The highest BCUT2D eigenvalue weighted by molar-refractivity contribution is 5.04. The van der Waals surface area contributed by atoms with Crippen LogP contribution in [0.25, 0.3) is 0 Å². The topological polar surface area (TPSA) is 9.23 Å². The van der Waals surface area contributed by atoms with Crippen LogP contribution in [-0.4, -0.2) is 12.2 Å². The molecule has 0 amide bonds. The van der Waals surface area contributed by atoms with Crippen molar-refractivity contribution in [1.82, 2.24) is 0 Å². The molecule has 1 unspecified atom stereocenters. The van der Waals surface area contributed by atoms with Gasteiger partial charge in [0.2, 0.25) is 0 Å². The van der Waals surface area contributed by atoms with Crippen LogP contribution >= 0.6 is 0 Å². The average Bonchev–Trinajstić information content (AvgIpc) is 1.89. The first-order valence-corrected chi connectivity index (χ1v) is 3.30. The van der Waals surface area contributed by atoms with Crippen molar-refractivity contribution in [2.45, 2.75) is 32.8 Å². The molecule has 0 aromatic rings. The van der Waals surface area contributed by atoms with Crippen molar-refractivity contribution in [1.29, 1.82) is 0 Å². The number of hydrogen-bond acceptors (Lipinski definition) is 1. The number of rotatable bonds is 3. The van der Waals surface area contributed by atoms with Crippen LogP contribution in [0, 0.1) is 12.3 Å². The lowest BCUT2D eigenvalue weighted by molar-refractivity contribution is 0.0189. The molecule has 1 atom stereocenters. The molecule has 0 N–H and O–H groups in total. The predicted octanol–water partition coefficient (Wildman–Crippen LogP) is 1.82. The molecule has 0 fully saturated rings. The van der Waals surface area contributed by atoms with Crippen molar-refractivity contribution < 1.29 is 4.74 Å². The fourth-order valence-electron chi connectivity index (χ4n) is 0.564. The van der Waals surface area contributed by atoms with Gasteiger partial charge in [-0.1, -0.05) is 12.8 Å². The Morgan fingerprint density at radius 2 is 2.11 bits per heavy atom. The Bertz CT molecular complexity index is 112. The van der Waals surface area contributed by atoms with E-state index in [0.717, 1.165) is 6.42 Å². The van der Waals surface area contributed by atoms with Crippen LogP contribution in [0.4, 0.5) is 0 Å². The quantitative estimate of drug-likeness (QED) is 0.524. The second kappa shape index (κ2) is 3.53. The van der Waals surface area contributed by atoms with Gasteiger partial charge in [0, 0.05) is 6.61 Å². The zero-order chi connectivity index (χ0) is 7.33. The largest absolute Gasteiger partial charge is 0.363 e. The summed E-state index contributed by atoms with van der Waals surface area (Å²) in [6.07, 6.45) is 6.10. The third kappa shape index (κ3) is 2.53. The summed E-state index contributed by atoms with van der Waals surface area (Å²) in [4.78, 5) is 0. The summed E-state index contributed by atoms with van der Waals surface area (Å²) in [7, 11) is 0. The molecule has 0 rings (SSSR count). The Morgan fingerprint density at radius 1 is 1.56 bits per heavy atom. The highest BCUT2D eigenvalue weighted by Crippen LogP contribution is 2.12. The van der Waals surface area contributed by atoms with E-state index in [1.54, 1.807) is 0 Å². The van der Waals surface area contributed by atoms with Crippen molar-refractivity contribution in [2.75, 3.05) is 6.61 Å². The Balaban J connectivity index is 3.81. The third-order valence-corrected chi connectivity index (χ3v) is 1.44. The van der Waals surface area contributed by atoms with Crippen LogP contribution in [0.3, 0.4) is 0 Å². The molecule has 0 aliphatic carbocycles. The lowest BCUT2D eigenvalue weighted by Crippen LogP contribution is -2.25. The number of ether oxygens (including phenoxy) is 1. The van der Waals surface area contributed by atoms with Crippen LogP contribution in [0.1, 0.15) is 27.2 Å². The van der Waals surface area contributed by atoms with E-state index in [4.69, 9.17) is 11.2 Å². The van der Waals surface area contributed by atoms with Gasteiger partial charge in [-0.25, -0.2) is 0 Å². The van der Waals surface area contributed by atoms with Crippen molar-refractivity contribution in [2.24, 2.45) is 0 Å². The van der Waals surface area contributed by atoms with Crippen molar-refractivity contribution in [3.8, 4) is 12.3 Å². The Kier molecular flexibility index (Phi) is 3.34. The average molecular weight is 126 g/mol. The van der Waals surface area contributed by atoms with Gasteiger partial charge in [-0.05, 0) is 20.3 Å². The maximum Gasteiger partial charge on any atom is 0.125 e. The Morgan fingerprint density at radius 3 is 2.22 bits per heavy atom.